The lowest BCUT2D eigenvalue weighted by Crippen LogP contribution is -2.18. The average molecular weight is 430 g/mol. The van der Waals surface area contributed by atoms with Gasteiger partial charge in [-0.05, 0) is 48.9 Å². The van der Waals surface area contributed by atoms with E-state index >= 15 is 0 Å². The van der Waals surface area contributed by atoms with Crippen LogP contribution in [0.2, 0.25) is 0 Å². The molecule has 1 fully saturated rings. The van der Waals surface area contributed by atoms with Gasteiger partial charge in [-0.2, -0.15) is 5.10 Å². The molecule has 1 aromatic carbocycles. The van der Waals surface area contributed by atoms with Gasteiger partial charge >= 0.3 is 0 Å². The SMILES string of the molecule is Fc1ccc(-n2ncc3c(Sc4nnc(NCC5CCCO5)s4)ncnc32)cc1. The predicted octanol–water partition coefficient (Wildman–Crippen LogP) is 3.55. The molecule has 0 aliphatic carbocycles. The molecule has 0 spiro atoms. The first-order chi connectivity index (χ1) is 14.3. The second-order valence-corrected chi connectivity index (χ2v) is 8.65. The van der Waals surface area contributed by atoms with Gasteiger partial charge in [0.1, 0.15) is 17.2 Å². The number of nitrogens with zero attached hydrogens (tertiary/aromatic N) is 6. The van der Waals surface area contributed by atoms with Crippen LogP contribution in [0, 0.1) is 5.82 Å². The summed E-state index contributed by atoms with van der Waals surface area (Å²) >= 11 is 2.89. The highest BCUT2D eigenvalue weighted by Gasteiger charge is 2.17. The van der Waals surface area contributed by atoms with Crippen LogP contribution < -0.4 is 5.32 Å². The van der Waals surface area contributed by atoms with Crippen molar-refractivity contribution in [3.8, 4) is 5.69 Å². The van der Waals surface area contributed by atoms with Crippen molar-refractivity contribution in [1.82, 2.24) is 29.9 Å². The van der Waals surface area contributed by atoms with Gasteiger partial charge in [0.05, 0.1) is 23.4 Å². The molecular weight excluding hydrogens is 413 g/mol. The third kappa shape index (κ3) is 3.93. The molecular formula is C18H16FN7OS2. The van der Waals surface area contributed by atoms with Crippen molar-refractivity contribution in [3.63, 3.8) is 0 Å². The van der Waals surface area contributed by atoms with E-state index in [1.807, 2.05) is 0 Å². The first kappa shape index (κ1) is 18.4. The van der Waals surface area contributed by atoms with E-state index in [1.54, 1.807) is 23.0 Å². The van der Waals surface area contributed by atoms with Crippen molar-refractivity contribution in [2.75, 3.05) is 18.5 Å². The van der Waals surface area contributed by atoms with Crippen LogP contribution in [-0.2, 0) is 4.74 Å². The maximum absolute atomic E-state index is 13.2. The van der Waals surface area contributed by atoms with Crippen molar-refractivity contribution in [1.29, 1.82) is 0 Å². The van der Waals surface area contributed by atoms with Crippen LogP contribution in [-0.4, -0.2) is 49.2 Å². The summed E-state index contributed by atoms with van der Waals surface area (Å²) in [6, 6.07) is 6.11. The quantitative estimate of drug-likeness (QED) is 0.466. The number of hydrogen-bond acceptors (Lipinski definition) is 9. The van der Waals surface area contributed by atoms with Crippen LogP contribution in [0.25, 0.3) is 16.7 Å². The van der Waals surface area contributed by atoms with E-state index in [-0.39, 0.29) is 11.9 Å². The molecule has 1 unspecified atom stereocenters. The molecule has 1 aliphatic rings. The van der Waals surface area contributed by atoms with Gasteiger partial charge in [0.25, 0.3) is 0 Å². The summed E-state index contributed by atoms with van der Waals surface area (Å²) in [5, 5.41) is 18.4. The summed E-state index contributed by atoms with van der Waals surface area (Å²) in [5.41, 5.74) is 1.38. The normalized spacial score (nSPS) is 16.5. The Hall–Kier alpha value is -2.63. The van der Waals surface area contributed by atoms with Gasteiger partial charge < -0.3 is 10.1 Å². The van der Waals surface area contributed by atoms with E-state index < -0.39 is 0 Å². The molecule has 1 N–H and O–H groups in total. The molecule has 8 nitrogen and oxygen atoms in total. The molecule has 3 aromatic heterocycles. The molecule has 0 amide bonds. The molecule has 4 heterocycles. The Labute approximate surface area is 173 Å². The van der Waals surface area contributed by atoms with Crippen LogP contribution in [0.1, 0.15) is 12.8 Å². The smallest absolute Gasteiger partial charge is 0.206 e. The van der Waals surface area contributed by atoms with E-state index in [1.165, 1.54) is 41.6 Å². The summed E-state index contributed by atoms with van der Waals surface area (Å²) in [6.45, 7) is 1.57. The van der Waals surface area contributed by atoms with Crippen molar-refractivity contribution < 1.29 is 9.13 Å². The molecule has 148 valence electrons. The lowest BCUT2D eigenvalue weighted by Gasteiger charge is -2.08. The lowest BCUT2D eigenvalue weighted by molar-refractivity contribution is 0.120. The number of benzene rings is 1. The van der Waals surface area contributed by atoms with Crippen molar-refractivity contribution in [2.24, 2.45) is 0 Å². The van der Waals surface area contributed by atoms with E-state index in [0.717, 1.165) is 51.6 Å². The van der Waals surface area contributed by atoms with Crippen LogP contribution >= 0.6 is 23.1 Å². The van der Waals surface area contributed by atoms with E-state index in [9.17, 15) is 4.39 Å². The first-order valence-electron chi connectivity index (χ1n) is 9.08. The fourth-order valence-corrected chi connectivity index (χ4v) is 4.81. The van der Waals surface area contributed by atoms with Crippen LogP contribution in [0.5, 0.6) is 0 Å². The van der Waals surface area contributed by atoms with Gasteiger partial charge in [-0.1, -0.05) is 11.3 Å². The zero-order valence-electron chi connectivity index (χ0n) is 15.2. The number of aromatic nitrogens is 6. The molecule has 5 rings (SSSR count). The second kappa shape index (κ2) is 8.01. The molecule has 0 radical (unpaired) electrons. The Balaban J connectivity index is 1.35. The van der Waals surface area contributed by atoms with Gasteiger partial charge in [-0.25, -0.2) is 19.0 Å². The minimum atomic E-state index is -0.295. The molecule has 29 heavy (non-hydrogen) atoms. The van der Waals surface area contributed by atoms with Crippen LogP contribution in [0.15, 0.2) is 46.2 Å². The van der Waals surface area contributed by atoms with Gasteiger partial charge in [-0.3, -0.25) is 0 Å². The number of halogens is 1. The van der Waals surface area contributed by atoms with Crippen LogP contribution in [0.3, 0.4) is 0 Å². The van der Waals surface area contributed by atoms with Gasteiger partial charge in [0.2, 0.25) is 5.13 Å². The Kier molecular flexibility index (Phi) is 5.08. The molecule has 1 atom stereocenters. The fraction of sp³-hybridized carbons (Fsp3) is 0.278. The first-order valence-corrected chi connectivity index (χ1v) is 10.7. The number of ether oxygens (including phenoxy) is 1. The highest BCUT2D eigenvalue weighted by Crippen LogP contribution is 2.34. The number of rotatable bonds is 6. The average Bonchev–Trinajstić information content (AvgIpc) is 3.48. The topological polar surface area (TPSA) is 90.6 Å². The summed E-state index contributed by atoms with van der Waals surface area (Å²) in [5.74, 6) is -0.295. The number of fused-ring (bicyclic) bond motifs is 1. The minimum absolute atomic E-state index is 0.244. The zero-order chi connectivity index (χ0) is 19.6. The monoisotopic (exact) mass is 429 g/mol. The minimum Gasteiger partial charge on any atom is -0.376 e. The largest absolute Gasteiger partial charge is 0.376 e. The summed E-state index contributed by atoms with van der Waals surface area (Å²) < 4.78 is 21.3. The summed E-state index contributed by atoms with van der Waals surface area (Å²) in [6.07, 6.45) is 5.63. The number of hydrogen-bond donors (Lipinski definition) is 1. The summed E-state index contributed by atoms with van der Waals surface area (Å²) in [4.78, 5) is 8.72. The van der Waals surface area contributed by atoms with Gasteiger partial charge in [0, 0.05) is 13.2 Å². The molecule has 0 bridgehead atoms. The highest BCUT2D eigenvalue weighted by atomic mass is 32.2. The summed E-state index contributed by atoms with van der Waals surface area (Å²) in [7, 11) is 0. The third-order valence-corrected chi connectivity index (χ3v) is 6.45. The Bertz CT molecular complexity index is 1120. The lowest BCUT2D eigenvalue weighted by atomic mass is 10.2. The molecule has 11 heteroatoms. The van der Waals surface area contributed by atoms with Crippen LogP contribution in [0.4, 0.5) is 9.52 Å². The second-order valence-electron chi connectivity index (χ2n) is 6.44. The standard InChI is InChI=1S/C18H16FN7OS2/c19-11-3-5-12(6-4-11)26-15-14(9-23-26)16(22-10-21-15)28-18-25-24-17(29-18)20-8-13-2-1-7-27-13/h3-6,9-10,13H,1-2,7-8H2,(H,20,24). The van der Waals surface area contributed by atoms with Gasteiger partial charge in [0.15, 0.2) is 9.99 Å². The van der Waals surface area contributed by atoms with E-state index in [0.29, 0.717) is 5.65 Å². The fourth-order valence-electron chi connectivity index (χ4n) is 3.09. The van der Waals surface area contributed by atoms with Crippen molar-refractivity contribution >= 4 is 39.3 Å². The Morgan fingerprint density at radius 1 is 1.24 bits per heavy atom. The maximum Gasteiger partial charge on any atom is 0.206 e. The number of nitrogens with one attached hydrogen (secondary N) is 1. The highest BCUT2D eigenvalue weighted by molar-refractivity contribution is 8.01. The van der Waals surface area contributed by atoms with E-state index in [2.05, 4.69) is 30.6 Å². The van der Waals surface area contributed by atoms with E-state index in [4.69, 9.17) is 4.74 Å². The Morgan fingerprint density at radius 2 is 2.14 bits per heavy atom. The van der Waals surface area contributed by atoms with Crippen molar-refractivity contribution in [2.45, 2.75) is 28.3 Å². The zero-order valence-corrected chi connectivity index (χ0v) is 16.8. The molecule has 1 saturated heterocycles. The maximum atomic E-state index is 13.2. The number of anilines is 1. The molecule has 1 aliphatic heterocycles. The molecule has 4 aromatic rings. The Morgan fingerprint density at radius 3 is 2.97 bits per heavy atom. The van der Waals surface area contributed by atoms with Crippen molar-refractivity contribution in [3.05, 3.63) is 42.6 Å². The molecule has 0 saturated carbocycles. The van der Waals surface area contributed by atoms with Gasteiger partial charge in [-0.15, -0.1) is 10.2 Å². The third-order valence-electron chi connectivity index (χ3n) is 4.50. The predicted molar refractivity (Wildman–Crippen MR) is 108 cm³/mol.